The van der Waals surface area contributed by atoms with Crippen molar-refractivity contribution >= 4 is 21.4 Å². The number of thiophene rings is 1. The maximum Gasteiger partial charge on any atom is 0.123 e. The second-order valence-corrected chi connectivity index (χ2v) is 6.02. The van der Waals surface area contributed by atoms with Crippen LogP contribution in [0.5, 0.6) is 0 Å². The topological polar surface area (TPSA) is 12.0 Å². The Kier molecular flexibility index (Phi) is 3.55. The number of halogens is 1. The molecule has 3 heteroatoms. The van der Waals surface area contributed by atoms with E-state index in [4.69, 9.17) is 0 Å². The lowest BCUT2D eigenvalue weighted by atomic mass is 9.99. The van der Waals surface area contributed by atoms with Crippen LogP contribution >= 0.6 is 11.3 Å². The van der Waals surface area contributed by atoms with Crippen molar-refractivity contribution in [1.82, 2.24) is 5.32 Å². The van der Waals surface area contributed by atoms with Crippen molar-refractivity contribution in [3.8, 4) is 0 Å². The van der Waals surface area contributed by atoms with Gasteiger partial charge in [0.1, 0.15) is 5.82 Å². The molecule has 2 aromatic carbocycles. The minimum atomic E-state index is -0.183. The average molecular weight is 285 g/mol. The maximum atomic E-state index is 13.3. The van der Waals surface area contributed by atoms with Gasteiger partial charge in [-0.05, 0) is 54.8 Å². The van der Waals surface area contributed by atoms with Gasteiger partial charge in [-0.1, -0.05) is 24.3 Å². The van der Waals surface area contributed by atoms with E-state index in [0.29, 0.717) is 0 Å². The Hall–Kier alpha value is -1.71. The summed E-state index contributed by atoms with van der Waals surface area (Å²) in [5.41, 5.74) is 2.10. The van der Waals surface area contributed by atoms with Crippen LogP contribution in [0.3, 0.4) is 0 Å². The van der Waals surface area contributed by atoms with Crippen LogP contribution in [0, 0.1) is 12.7 Å². The molecule has 0 aliphatic heterocycles. The average Bonchev–Trinajstić information content (AvgIpc) is 2.85. The molecule has 0 saturated heterocycles. The Bertz CT molecular complexity index is 715. The highest BCUT2D eigenvalue weighted by Crippen LogP contribution is 2.34. The van der Waals surface area contributed by atoms with Gasteiger partial charge in [-0.15, -0.1) is 11.3 Å². The Labute approximate surface area is 122 Å². The number of rotatable bonds is 3. The summed E-state index contributed by atoms with van der Waals surface area (Å²) in [6.07, 6.45) is 0. The van der Waals surface area contributed by atoms with Crippen molar-refractivity contribution in [1.29, 1.82) is 0 Å². The van der Waals surface area contributed by atoms with Gasteiger partial charge in [0.25, 0.3) is 0 Å². The van der Waals surface area contributed by atoms with Gasteiger partial charge in [0, 0.05) is 9.58 Å². The van der Waals surface area contributed by atoms with Crippen LogP contribution in [0.1, 0.15) is 22.0 Å². The van der Waals surface area contributed by atoms with E-state index in [9.17, 15) is 4.39 Å². The Balaban J connectivity index is 2.08. The lowest BCUT2D eigenvalue weighted by molar-refractivity contribution is 0.622. The standard InChI is InChI=1S/C17H16FNS/c1-11-9-13(18)7-8-14(11)17(19-2)16-10-12-5-3-4-6-15(12)20-16/h3-10,17,19H,1-2H3. The summed E-state index contributed by atoms with van der Waals surface area (Å²) in [5, 5.41) is 4.60. The second kappa shape index (κ2) is 5.35. The predicted molar refractivity (Wildman–Crippen MR) is 83.9 cm³/mol. The zero-order valence-electron chi connectivity index (χ0n) is 11.5. The number of aryl methyl sites for hydroxylation is 1. The van der Waals surface area contributed by atoms with Crippen LogP contribution in [-0.2, 0) is 0 Å². The monoisotopic (exact) mass is 285 g/mol. The first-order valence-electron chi connectivity index (χ1n) is 6.61. The van der Waals surface area contributed by atoms with E-state index in [1.807, 2.05) is 20.0 Å². The largest absolute Gasteiger partial charge is 0.309 e. The second-order valence-electron chi connectivity index (χ2n) is 4.91. The van der Waals surface area contributed by atoms with E-state index < -0.39 is 0 Å². The third-order valence-electron chi connectivity index (χ3n) is 3.56. The number of fused-ring (bicyclic) bond motifs is 1. The fourth-order valence-corrected chi connectivity index (χ4v) is 3.75. The van der Waals surface area contributed by atoms with Gasteiger partial charge in [0.2, 0.25) is 0 Å². The molecule has 0 bridgehead atoms. The molecule has 0 fully saturated rings. The lowest BCUT2D eigenvalue weighted by Crippen LogP contribution is -2.17. The van der Waals surface area contributed by atoms with Gasteiger partial charge in [-0.3, -0.25) is 0 Å². The number of hydrogen-bond acceptors (Lipinski definition) is 2. The maximum absolute atomic E-state index is 13.3. The first-order chi connectivity index (χ1) is 9.69. The lowest BCUT2D eigenvalue weighted by Gasteiger charge is -2.17. The van der Waals surface area contributed by atoms with Crippen LogP contribution in [-0.4, -0.2) is 7.05 Å². The minimum Gasteiger partial charge on any atom is -0.309 e. The fraction of sp³-hybridized carbons (Fsp3) is 0.176. The molecule has 1 heterocycles. The Morgan fingerprint density at radius 1 is 1.10 bits per heavy atom. The number of benzene rings is 2. The quantitative estimate of drug-likeness (QED) is 0.738. The Morgan fingerprint density at radius 3 is 2.60 bits per heavy atom. The highest BCUT2D eigenvalue weighted by Gasteiger charge is 2.17. The number of hydrogen-bond donors (Lipinski definition) is 1. The normalized spacial score (nSPS) is 12.8. The molecular formula is C17H16FNS. The summed E-state index contributed by atoms with van der Waals surface area (Å²) >= 11 is 1.78. The highest BCUT2D eigenvalue weighted by molar-refractivity contribution is 7.19. The van der Waals surface area contributed by atoms with E-state index in [2.05, 4.69) is 35.6 Å². The van der Waals surface area contributed by atoms with Crippen LogP contribution in [0.25, 0.3) is 10.1 Å². The summed E-state index contributed by atoms with van der Waals surface area (Å²) in [7, 11) is 1.94. The molecule has 0 saturated carbocycles. The van der Waals surface area contributed by atoms with E-state index in [-0.39, 0.29) is 11.9 Å². The first kappa shape index (κ1) is 13.3. The molecular weight excluding hydrogens is 269 g/mol. The molecule has 1 unspecified atom stereocenters. The van der Waals surface area contributed by atoms with Crippen LogP contribution in [0.2, 0.25) is 0 Å². The number of nitrogens with one attached hydrogen (secondary N) is 1. The summed E-state index contributed by atoms with van der Waals surface area (Å²) in [6.45, 7) is 1.95. The van der Waals surface area contributed by atoms with E-state index in [0.717, 1.165) is 11.1 Å². The third kappa shape index (κ3) is 2.35. The highest BCUT2D eigenvalue weighted by atomic mass is 32.1. The van der Waals surface area contributed by atoms with Crippen LogP contribution in [0.4, 0.5) is 4.39 Å². The van der Waals surface area contributed by atoms with Gasteiger partial charge >= 0.3 is 0 Å². The van der Waals surface area contributed by atoms with Gasteiger partial charge in [-0.2, -0.15) is 0 Å². The zero-order valence-corrected chi connectivity index (χ0v) is 12.3. The molecule has 1 aromatic heterocycles. The molecule has 0 aliphatic carbocycles. The molecule has 3 rings (SSSR count). The molecule has 0 spiro atoms. The van der Waals surface area contributed by atoms with Crippen molar-refractivity contribution in [3.63, 3.8) is 0 Å². The summed E-state index contributed by atoms with van der Waals surface area (Å²) in [6, 6.07) is 15.7. The molecule has 1 N–H and O–H groups in total. The molecule has 1 nitrogen and oxygen atoms in total. The van der Waals surface area contributed by atoms with Gasteiger partial charge in [0.15, 0.2) is 0 Å². The first-order valence-corrected chi connectivity index (χ1v) is 7.42. The molecule has 0 radical (unpaired) electrons. The van der Waals surface area contributed by atoms with Gasteiger partial charge in [0.05, 0.1) is 6.04 Å². The van der Waals surface area contributed by atoms with E-state index >= 15 is 0 Å². The molecule has 3 aromatic rings. The minimum absolute atomic E-state index is 0.105. The zero-order chi connectivity index (χ0) is 14.1. The third-order valence-corrected chi connectivity index (χ3v) is 4.74. The molecule has 0 amide bonds. The molecule has 0 aliphatic rings. The van der Waals surface area contributed by atoms with E-state index in [1.165, 1.54) is 21.0 Å². The van der Waals surface area contributed by atoms with Gasteiger partial charge in [-0.25, -0.2) is 4.39 Å². The van der Waals surface area contributed by atoms with Crippen molar-refractivity contribution in [3.05, 3.63) is 70.4 Å². The summed E-state index contributed by atoms with van der Waals surface area (Å²) < 4.78 is 14.5. The van der Waals surface area contributed by atoms with Crippen molar-refractivity contribution in [2.24, 2.45) is 0 Å². The van der Waals surface area contributed by atoms with E-state index in [1.54, 1.807) is 17.4 Å². The molecule has 1 atom stereocenters. The Morgan fingerprint density at radius 2 is 1.90 bits per heavy atom. The van der Waals surface area contributed by atoms with Crippen molar-refractivity contribution in [2.45, 2.75) is 13.0 Å². The van der Waals surface area contributed by atoms with Crippen LogP contribution < -0.4 is 5.32 Å². The predicted octanol–water partition coefficient (Wildman–Crippen LogP) is 4.66. The fourth-order valence-electron chi connectivity index (χ4n) is 2.56. The SMILES string of the molecule is CNC(c1cc2ccccc2s1)c1ccc(F)cc1C. The van der Waals surface area contributed by atoms with Crippen molar-refractivity contribution in [2.75, 3.05) is 7.05 Å². The summed E-state index contributed by atoms with van der Waals surface area (Å²) in [5.74, 6) is -0.183. The summed E-state index contributed by atoms with van der Waals surface area (Å²) in [4.78, 5) is 1.25. The van der Waals surface area contributed by atoms with Gasteiger partial charge < -0.3 is 5.32 Å². The van der Waals surface area contributed by atoms with Crippen LogP contribution in [0.15, 0.2) is 48.5 Å². The van der Waals surface area contributed by atoms with Crippen molar-refractivity contribution < 1.29 is 4.39 Å². The molecule has 20 heavy (non-hydrogen) atoms. The molecule has 102 valence electrons. The smallest absolute Gasteiger partial charge is 0.123 e.